The summed E-state index contributed by atoms with van der Waals surface area (Å²) in [6.45, 7) is 2.82. The maximum absolute atomic E-state index is 12.0. The Kier molecular flexibility index (Phi) is 9.34. The Hall–Kier alpha value is -1.53. The van der Waals surface area contributed by atoms with Crippen molar-refractivity contribution in [3.8, 4) is 0 Å². The topological polar surface area (TPSA) is 85.6 Å². The van der Waals surface area contributed by atoms with Gasteiger partial charge in [-0.2, -0.15) is 0 Å². The largest absolute Gasteiger partial charge is 0.394 e. The summed E-state index contributed by atoms with van der Waals surface area (Å²) in [5.41, 5.74) is 8.38. The number of hydrogen-bond acceptors (Lipinski definition) is 5. The zero-order valence-corrected chi connectivity index (χ0v) is 13.7. The van der Waals surface area contributed by atoms with Crippen LogP contribution in [-0.4, -0.2) is 46.4 Å². The summed E-state index contributed by atoms with van der Waals surface area (Å²) >= 11 is 0. The number of methoxy groups -OCH3 is 2. The van der Waals surface area contributed by atoms with Crippen LogP contribution in [0, 0.1) is 0 Å². The third kappa shape index (κ3) is 6.95. The lowest BCUT2D eigenvalue weighted by molar-refractivity contribution is -0.117. The lowest BCUT2D eigenvalue weighted by atomic mass is 9.97. The fourth-order valence-electron chi connectivity index (χ4n) is 2.30. The van der Waals surface area contributed by atoms with Crippen molar-refractivity contribution >= 4 is 5.91 Å². The van der Waals surface area contributed by atoms with Gasteiger partial charge in [0, 0.05) is 46.2 Å². The van der Waals surface area contributed by atoms with Crippen LogP contribution in [0.1, 0.15) is 32.1 Å². The Labute approximate surface area is 133 Å². The molecule has 0 unspecified atom stereocenters. The number of nitrogens with one attached hydrogen (secondary N) is 2. The predicted octanol–water partition coefficient (Wildman–Crippen LogP) is 1.05. The minimum atomic E-state index is -0.192. The molecule has 6 nitrogen and oxygen atoms in total. The van der Waals surface area contributed by atoms with Crippen molar-refractivity contribution in [2.24, 2.45) is 5.73 Å². The minimum absolute atomic E-state index is 0.192. The summed E-state index contributed by atoms with van der Waals surface area (Å²) in [6.07, 6.45) is 6.62. The number of allylic oxidation sites excluding steroid dienone is 3. The summed E-state index contributed by atoms with van der Waals surface area (Å²) in [5, 5.41) is 6.20. The van der Waals surface area contributed by atoms with Crippen LogP contribution in [0.25, 0.3) is 0 Å². The van der Waals surface area contributed by atoms with Crippen LogP contribution in [0.15, 0.2) is 23.0 Å². The van der Waals surface area contributed by atoms with Crippen molar-refractivity contribution in [3.05, 3.63) is 23.0 Å². The molecule has 4 N–H and O–H groups in total. The van der Waals surface area contributed by atoms with E-state index in [9.17, 15) is 4.79 Å². The summed E-state index contributed by atoms with van der Waals surface area (Å²) in [6, 6.07) is 0. The van der Waals surface area contributed by atoms with E-state index in [0.29, 0.717) is 18.8 Å². The van der Waals surface area contributed by atoms with Crippen LogP contribution in [0.5, 0.6) is 0 Å². The minimum Gasteiger partial charge on any atom is -0.394 e. The molecule has 0 heterocycles. The number of nitrogens with two attached hydrogens (primary N) is 1. The lowest BCUT2D eigenvalue weighted by Gasteiger charge is -2.18. The number of rotatable bonds is 10. The molecular weight excluding hydrogens is 282 g/mol. The maximum Gasteiger partial charge on any atom is 0.267 e. The molecule has 0 atom stereocenters. The van der Waals surface area contributed by atoms with Crippen LogP contribution < -0.4 is 16.4 Å². The molecule has 1 amide bonds. The van der Waals surface area contributed by atoms with Gasteiger partial charge in [0.15, 0.2) is 0 Å². The average Bonchev–Trinajstić information content (AvgIpc) is 2.55. The number of ether oxygens (including phenoxy) is 2. The van der Waals surface area contributed by atoms with Gasteiger partial charge >= 0.3 is 0 Å². The molecule has 0 saturated carbocycles. The van der Waals surface area contributed by atoms with Gasteiger partial charge in [0.05, 0.1) is 0 Å². The highest BCUT2D eigenvalue weighted by atomic mass is 16.5. The summed E-state index contributed by atoms with van der Waals surface area (Å²) in [5.74, 6) is -0.192. The molecule has 1 aliphatic rings. The molecule has 0 fully saturated rings. The highest BCUT2D eigenvalue weighted by Crippen LogP contribution is 2.22. The number of hydrogen-bond donors (Lipinski definition) is 3. The normalized spacial score (nSPS) is 16.9. The number of amides is 1. The van der Waals surface area contributed by atoms with E-state index in [1.807, 2.05) is 6.08 Å². The second-order valence-corrected chi connectivity index (χ2v) is 5.34. The first-order chi connectivity index (χ1) is 10.7. The van der Waals surface area contributed by atoms with Gasteiger partial charge in [-0.15, -0.1) is 0 Å². The van der Waals surface area contributed by atoms with Gasteiger partial charge in [-0.25, -0.2) is 0 Å². The zero-order valence-electron chi connectivity index (χ0n) is 13.7. The second-order valence-electron chi connectivity index (χ2n) is 5.34. The predicted molar refractivity (Wildman–Crippen MR) is 87.1 cm³/mol. The lowest BCUT2D eigenvalue weighted by Crippen LogP contribution is -2.31. The molecule has 126 valence electrons. The van der Waals surface area contributed by atoms with E-state index < -0.39 is 0 Å². The quantitative estimate of drug-likeness (QED) is 0.415. The molecular formula is C16H29N3O3. The summed E-state index contributed by atoms with van der Waals surface area (Å²) < 4.78 is 9.97. The van der Waals surface area contributed by atoms with E-state index in [0.717, 1.165) is 56.5 Å². The SMILES string of the molecule is COCCCNC(=O)/C(N)=C1\C=C(NCCCOC)CCC1. The van der Waals surface area contributed by atoms with Gasteiger partial charge < -0.3 is 25.8 Å². The summed E-state index contributed by atoms with van der Waals surface area (Å²) in [7, 11) is 3.35. The Morgan fingerprint density at radius 3 is 2.55 bits per heavy atom. The summed E-state index contributed by atoms with van der Waals surface area (Å²) in [4.78, 5) is 12.0. The van der Waals surface area contributed by atoms with Crippen LogP contribution in [0.3, 0.4) is 0 Å². The first kappa shape index (κ1) is 18.5. The van der Waals surface area contributed by atoms with Gasteiger partial charge in [0.25, 0.3) is 5.91 Å². The van der Waals surface area contributed by atoms with E-state index in [4.69, 9.17) is 15.2 Å². The van der Waals surface area contributed by atoms with Gasteiger partial charge in [0.2, 0.25) is 0 Å². The standard InChI is InChI=1S/C16H29N3O3/c1-21-10-4-8-18-14-7-3-6-13(12-14)15(17)16(20)19-9-5-11-22-2/h12,18H,3-11,17H2,1-2H3,(H,19,20)/b15-13+. The fourth-order valence-corrected chi connectivity index (χ4v) is 2.30. The van der Waals surface area contributed by atoms with Crippen molar-refractivity contribution in [1.82, 2.24) is 10.6 Å². The molecule has 6 heteroatoms. The van der Waals surface area contributed by atoms with Crippen molar-refractivity contribution in [2.75, 3.05) is 40.5 Å². The van der Waals surface area contributed by atoms with Crippen LogP contribution in [0.2, 0.25) is 0 Å². The Morgan fingerprint density at radius 2 is 1.86 bits per heavy atom. The van der Waals surface area contributed by atoms with E-state index in [1.165, 1.54) is 0 Å². The molecule has 0 spiro atoms. The second kappa shape index (κ2) is 11.1. The number of carbonyl (C=O) groups is 1. The molecule has 0 radical (unpaired) electrons. The van der Waals surface area contributed by atoms with Gasteiger partial charge in [-0.05, 0) is 43.8 Å². The third-order valence-corrected chi connectivity index (χ3v) is 3.52. The molecule has 0 aliphatic heterocycles. The van der Waals surface area contributed by atoms with Crippen molar-refractivity contribution in [1.29, 1.82) is 0 Å². The van der Waals surface area contributed by atoms with E-state index >= 15 is 0 Å². The van der Waals surface area contributed by atoms with Crippen LogP contribution >= 0.6 is 0 Å². The Balaban J connectivity index is 2.50. The van der Waals surface area contributed by atoms with Gasteiger partial charge in [0.1, 0.15) is 5.70 Å². The highest BCUT2D eigenvalue weighted by Gasteiger charge is 2.14. The molecule has 0 aromatic rings. The van der Waals surface area contributed by atoms with Gasteiger partial charge in [-0.3, -0.25) is 4.79 Å². The monoisotopic (exact) mass is 311 g/mol. The average molecular weight is 311 g/mol. The van der Waals surface area contributed by atoms with E-state index in [1.54, 1.807) is 14.2 Å². The zero-order chi connectivity index (χ0) is 16.2. The van der Waals surface area contributed by atoms with E-state index in [2.05, 4.69) is 10.6 Å². The Morgan fingerprint density at radius 1 is 1.18 bits per heavy atom. The van der Waals surface area contributed by atoms with Crippen molar-refractivity contribution < 1.29 is 14.3 Å². The van der Waals surface area contributed by atoms with E-state index in [-0.39, 0.29) is 5.91 Å². The first-order valence-corrected chi connectivity index (χ1v) is 7.88. The van der Waals surface area contributed by atoms with Crippen LogP contribution in [-0.2, 0) is 14.3 Å². The molecule has 0 saturated heterocycles. The maximum atomic E-state index is 12.0. The molecule has 0 bridgehead atoms. The Bertz CT molecular complexity index is 405. The van der Waals surface area contributed by atoms with Gasteiger partial charge in [-0.1, -0.05) is 0 Å². The fraction of sp³-hybridized carbons (Fsp3) is 0.688. The smallest absolute Gasteiger partial charge is 0.267 e. The molecule has 0 aromatic carbocycles. The third-order valence-electron chi connectivity index (χ3n) is 3.52. The molecule has 22 heavy (non-hydrogen) atoms. The number of carbonyl (C=O) groups excluding carboxylic acids is 1. The molecule has 0 aromatic heterocycles. The van der Waals surface area contributed by atoms with Crippen molar-refractivity contribution in [3.63, 3.8) is 0 Å². The first-order valence-electron chi connectivity index (χ1n) is 7.88. The molecule has 1 aliphatic carbocycles. The highest BCUT2D eigenvalue weighted by molar-refractivity contribution is 5.93. The van der Waals surface area contributed by atoms with Crippen LogP contribution in [0.4, 0.5) is 0 Å². The van der Waals surface area contributed by atoms with Crippen molar-refractivity contribution in [2.45, 2.75) is 32.1 Å². The molecule has 1 rings (SSSR count).